The molecule has 0 heterocycles. The highest BCUT2D eigenvalue weighted by Gasteiger charge is 2.16. The van der Waals surface area contributed by atoms with Crippen LogP contribution in [0.5, 0.6) is 0 Å². The van der Waals surface area contributed by atoms with Gasteiger partial charge in [-0.3, -0.25) is 9.59 Å². The standard InChI is InChI=1S/C9H16O4S/c10-8(11)5-1-3-7(9(12)13)4-2-6-14/h7,14H,1-6H2,(H,10,11)(H,12,13). The Bertz CT molecular complexity index is 193. The van der Waals surface area contributed by atoms with Crippen LogP contribution in [0.1, 0.15) is 32.1 Å². The van der Waals surface area contributed by atoms with E-state index in [-0.39, 0.29) is 6.42 Å². The van der Waals surface area contributed by atoms with E-state index in [0.29, 0.717) is 25.0 Å². The molecule has 0 fully saturated rings. The molecule has 0 aromatic heterocycles. The van der Waals surface area contributed by atoms with Gasteiger partial charge in [0.25, 0.3) is 0 Å². The second-order valence-electron chi connectivity index (χ2n) is 3.19. The minimum Gasteiger partial charge on any atom is -0.481 e. The third kappa shape index (κ3) is 6.77. The van der Waals surface area contributed by atoms with Gasteiger partial charge in [0, 0.05) is 6.42 Å². The molecular weight excluding hydrogens is 204 g/mol. The van der Waals surface area contributed by atoms with E-state index in [1.807, 2.05) is 0 Å². The normalized spacial score (nSPS) is 12.4. The number of hydrogen-bond acceptors (Lipinski definition) is 3. The molecule has 0 aromatic carbocycles. The van der Waals surface area contributed by atoms with Gasteiger partial charge in [-0.15, -0.1) is 0 Å². The molecule has 0 rings (SSSR count). The van der Waals surface area contributed by atoms with Crippen LogP contribution < -0.4 is 0 Å². The van der Waals surface area contributed by atoms with Crippen molar-refractivity contribution in [1.82, 2.24) is 0 Å². The molecule has 4 nitrogen and oxygen atoms in total. The Balaban J connectivity index is 3.73. The maximum Gasteiger partial charge on any atom is 0.306 e. The van der Waals surface area contributed by atoms with Gasteiger partial charge in [-0.2, -0.15) is 12.6 Å². The van der Waals surface area contributed by atoms with E-state index < -0.39 is 17.9 Å². The summed E-state index contributed by atoms with van der Waals surface area (Å²) in [6, 6.07) is 0. The van der Waals surface area contributed by atoms with E-state index in [9.17, 15) is 9.59 Å². The first-order valence-corrected chi connectivity index (χ1v) is 5.26. The van der Waals surface area contributed by atoms with Crippen molar-refractivity contribution in [2.45, 2.75) is 32.1 Å². The van der Waals surface area contributed by atoms with Crippen LogP contribution in [0.15, 0.2) is 0 Å². The lowest BCUT2D eigenvalue weighted by atomic mass is 9.97. The van der Waals surface area contributed by atoms with Crippen LogP contribution >= 0.6 is 12.6 Å². The Morgan fingerprint density at radius 1 is 1.14 bits per heavy atom. The monoisotopic (exact) mass is 220 g/mol. The van der Waals surface area contributed by atoms with Crippen molar-refractivity contribution in [2.75, 3.05) is 5.75 Å². The zero-order valence-electron chi connectivity index (χ0n) is 7.98. The average Bonchev–Trinajstić information content (AvgIpc) is 2.09. The largest absolute Gasteiger partial charge is 0.481 e. The summed E-state index contributed by atoms with van der Waals surface area (Å²) in [5.74, 6) is -1.45. The van der Waals surface area contributed by atoms with E-state index >= 15 is 0 Å². The molecule has 14 heavy (non-hydrogen) atoms. The molecule has 0 amide bonds. The molecule has 0 spiro atoms. The third-order valence-corrected chi connectivity index (χ3v) is 2.32. The minimum atomic E-state index is -0.872. The number of hydrogen-bond donors (Lipinski definition) is 3. The maximum atomic E-state index is 10.7. The molecule has 0 aliphatic heterocycles. The zero-order chi connectivity index (χ0) is 11.0. The van der Waals surface area contributed by atoms with Gasteiger partial charge in [0.2, 0.25) is 0 Å². The minimum absolute atomic E-state index is 0.0463. The Hall–Kier alpha value is -0.710. The number of carboxylic acid groups (broad SMARTS) is 2. The first kappa shape index (κ1) is 13.3. The molecule has 1 atom stereocenters. The summed E-state index contributed by atoms with van der Waals surface area (Å²) >= 11 is 4.00. The molecule has 0 aliphatic rings. The third-order valence-electron chi connectivity index (χ3n) is 2.00. The molecule has 0 radical (unpaired) electrons. The highest BCUT2D eigenvalue weighted by Crippen LogP contribution is 2.15. The van der Waals surface area contributed by atoms with Crippen molar-refractivity contribution in [2.24, 2.45) is 5.92 Å². The van der Waals surface area contributed by atoms with Crippen LogP contribution in [0.25, 0.3) is 0 Å². The van der Waals surface area contributed by atoms with Crippen molar-refractivity contribution >= 4 is 24.6 Å². The second-order valence-corrected chi connectivity index (χ2v) is 3.63. The Morgan fingerprint density at radius 2 is 1.71 bits per heavy atom. The lowest BCUT2D eigenvalue weighted by Crippen LogP contribution is -2.14. The quantitative estimate of drug-likeness (QED) is 0.544. The van der Waals surface area contributed by atoms with E-state index in [1.165, 1.54) is 0 Å². The lowest BCUT2D eigenvalue weighted by molar-refractivity contribution is -0.143. The highest BCUT2D eigenvalue weighted by atomic mass is 32.1. The number of rotatable bonds is 8. The molecule has 5 heteroatoms. The molecule has 0 bridgehead atoms. The van der Waals surface area contributed by atoms with E-state index in [0.717, 1.165) is 6.42 Å². The number of carbonyl (C=O) groups is 2. The van der Waals surface area contributed by atoms with Gasteiger partial charge in [-0.25, -0.2) is 0 Å². The van der Waals surface area contributed by atoms with Crippen molar-refractivity contribution in [3.63, 3.8) is 0 Å². The van der Waals surface area contributed by atoms with E-state index in [1.54, 1.807) is 0 Å². The zero-order valence-corrected chi connectivity index (χ0v) is 8.87. The number of aliphatic carboxylic acids is 2. The fourth-order valence-corrected chi connectivity index (χ4v) is 1.41. The predicted octanol–water partition coefficient (Wildman–Crippen LogP) is 1.65. The van der Waals surface area contributed by atoms with Gasteiger partial charge in [-0.1, -0.05) is 0 Å². The SMILES string of the molecule is O=C(O)CCCC(CCCS)C(=O)O. The summed E-state index contributed by atoms with van der Waals surface area (Å²) in [5, 5.41) is 17.2. The molecular formula is C9H16O4S. The van der Waals surface area contributed by atoms with Gasteiger partial charge >= 0.3 is 11.9 Å². The van der Waals surface area contributed by atoms with Crippen molar-refractivity contribution in [3.8, 4) is 0 Å². The summed E-state index contributed by atoms with van der Waals surface area (Å²) < 4.78 is 0. The Kier molecular flexibility index (Phi) is 7.28. The smallest absolute Gasteiger partial charge is 0.306 e. The van der Waals surface area contributed by atoms with Gasteiger partial charge < -0.3 is 10.2 Å². The molecule has 0 saturated carbocycles. The first-order chi connectivity index (χ1) is 6.57. The van der Waals surface area contributed by atoms with Crippen LogP contribution in [-0.4, -0.2) is 27.9 Å². The fraction of sp³-hybridized carbons (Fsp3) is 0.778. The van der Waals surface area contributed by atoms with Gasteiger partial charge in [-0.05, 0) is 31.4 Å². The fourth-order valence-electron chi connectivity index (χ4n) is 1.23. The highest BCUT2D eigenvalue weighted by molar-refractivity contribution is 7.80. The van der Waals surface area contributed by atoms with E-state index in [4.69, 9.17) is 10.2 Å². The molecule has 82 valence electrons. The van der Waals surface area contributed by atoms with Crippen LogP contribution in [0.4, 0.5) is 0 Å². The first-order valence-electron chi connectivity index (χ1n) is 4.63. The summed E-state index contributed by atoms with van der Waals surface area (Å²) in [4.78, 5) is 20.9. The van der Waals surface area contributed by atoms with Crippen molar-refractivity contribution in [3.05, 3.63) is 0 Å². The average molecular weight is 220 g/mol. The van der Waals surface area contributed by atoms with Crippen molar-refractivity contribution < 1.29 is 19.8 Å². The molecule has 1 unspecified atom stereocenters. The molecule has 2 N–H and O–H groups in total. The van der Waals surface area contributed by atoms with Gasteiger partial charge in [0.1, 0.15) is 0 Å². The maximum absolute atomic E-state index is 10.7. The Morgan fingerprint density at radius 3 is 2.14 bits per heavy atom. The lowest BCUT2D eigenvalue weighted by Gasteiger charge is -2.10. The number of thiol groups is 1. The Labute approximate surface area is 88.7 Å². The molecule has 0 aliphatic carbocycles. The summed E-state index contributed by atoms with van der Waals surface area (Å²) in [5.41, 5.74) is 0. The van der Waals surface area contributed by atoms with Crippen LogP contribution in [0, 0.1) is 5.92 Å². The van der Waals surface area contributed by atoms with Crippen LogP contribution in [-0.2, 0) is 9.59 Å². The van der Waals surface area contributed by atoms with E-state index in [2.05, 4.69) is 12.6 Å². The van der Waals surface area contributed by atoms with Crippen molar-refractivity contribution in [1.29, 1.82) is 0 Å². The predicted molar refractivity (Wildman–Crippen MR) is 55.7 cm³/mol. The number of carboxylic acids is 2. The van der Waals surface area contributed by atoms with Crippen LogP contribution in [0.3, 0.4) is 0 Å². The summed E-state index contributed by atoms with van der Waals surface area (Å²) in [6.07, 6.45) is 2.25. The van der Waals surface area contributed by atoms with Gasteiger partial charge in [0.05, 0.1) is 5.92 Å². The molecule has 0 saturated heterocycles. The topological polar surface area (TPSA) is 74.6 Å². The van der Waals surface area contributed by atoms with Gasteiger partial charge in [0.15, 0.2) is 0 Å². The second kappa shape index (κ2) is 7.67. The summed E-state index contributed by atoms with van der Waals surface area (Å²) in [6.45, 7) is 0. The molecule has 0 aromatic rings. The summed E-state index contributed by atoms with van der Waals surface area (Å²) in [7, 11) is 0. The van der Waals surface area contributed by atoms with Crippen LogP contribution in [0.2, 0.25) is 0 Å².